The lowest BCUT2D eigenvalue weighted by molar-refractivity contribution is 0.252. The van der Waals surface area contributed by atoms with E-state index in [1.807, 2.05) is 0 Å². The molecule has 0 aromatic heterocycles. The normalized spacial score (nSPS) is 25.4. The van der Waals surface area contributed by atoms with Crippen molar-refractivity contribution in [3.63, 3.8) is 0 Å². The number of benzene rings is 1. The highest BCUT2D eigenvalue weighted by molar-refractivity contribution is 5.42. The second-order valence-electron chi connectivity index (χ2n) is 6.11. The maximum absolute atomic E-state index is 9.22. The average molecular weight is 272 g/mol. The molecule has 3 nitrogen and oxygen atoms in total. The first-order valence-corrected chi connectivity index (χ1v) is 7.37. The third kappa shape index (κ3) is 2.96. The van der Waals surface area contributed by atoms with Crippen molar-refractivity contribution in [2.24, 2.45) is 11.7 Å². The molecule has 1 fully saturated rings. The molecule has 2 unspecified atom stereocenters. The summed E-state index contributed by atoms with van der Waals surface area (Å²) in [7, 11) is 0. The first-order chi connectivity index (χ1) is 9.46. The van der Waals surface area contributed by atoms with Crippen LogP contribution >= 0.6 is 0 Å². The smallest absolute Gasteiger partial charge is 0.125 e. The van der Waals surface area contributed by atoms with Gasteiger partial charge in [0.25, 0.3) is 0 Å². The molecule has 0 radical (unpaired) electrons. The Bertz CT molecular complexity index is 509. The summed E-state index contributed by atoms with van der Waals surface area (Å²) in [5, 5.41) is 9.22. The highest BCUT2D eigenvalue weighted by Gasteiger charge is 2.39. The third-order valence-corrected chi connectivity index (χ3v) is 4.40. The van der Waals surface area contributed by atoms with Crippen molar-refractivity contribution >= 4 is 0 Å². The van der Waals surface area contributed by atoms with Gasteiger partial charge >= 0.3 is 0 Å². The highest BCUT2D eigenvalue weighted by atomic mass is 16.5. The molecule has 108 valence electrons. The van der Waals surface area contributed by atoms with E-state index in [1.54, 1.807) is 0 Å². The molecule has 2 rings (SSSR count). The summed E-state index contributed by atoms with van der Waals surface area (Å²) in [6.45, 7) is 6.88. The summed E-state index contributed by atoms with van der Waals surface area (Å²) in [5.41, 5.74) is 9.11. The Morgan fingerprint density at radius 3 is 2.60 bits per heavy atom. The van der Waals surface area contributed by atoms with E-state index in [0.717, 1.165) is 31.4 Å². The molecule has 1 aliphatic carbocycles. The molecule has 1 aromatic rings. The zero-order valence-electron chi connectivity index (χ0n) is 12.7. The number of nitrogens with two attached hydrogens (primary N) is 1. The minimum absolute atomic E-state index is 0.263. The number of hydrogen-bond acceptors (Lipinski definition) is 3. The largest absolute Gasteiger partial charge is 0.493 e. The molecule has 1 aromatic carbocycles. The Hall–Kier alpha value is -1.53. The van der Waals surface area contributed by atoms with Crippen molar-refractivity contribution in [2.75, 3.05) is 6.61 Å². The van der Waals surface area contributed by atoms with Crippen LogP contribution in [0.5, 0.6) is 5.75 Å². The molecular weight excluding hydrogens is 248 g/mol. The van der Waals surface area contributed by atoms with Crippen molar-refractivity contribution in [1.82, 2.24) is 0 Å². The van der Waals surface area contributed by atoms with Crippen molar-refractivity contribution in [1.29, 1.82) is 5.26 Å². The summed E-state index contributed by atoms with van der Waals surface area (Å²) < 4.78 is 5.96. The fraction of sp³-hybridized carbons (Fsp3) is 0.588. The molecule has 2 atom stereocenters. The van der Waals surface area contributed by atoms with E-state index < -0.39 is 5.54 Å². The number of aryl methyl sites for hydroxylation is 3. The number of nitriles is 1. The maximum atomic E-state index is 9.22. The van der Waals surface area contributed by atoms with Crippen LogP contribution in [-0.2, 0) is 0 Å². The molecule has 2 N–H and O–H groups in total. The molecule has 0 amide bonds. The topological polar surface area (TPSA) is 59.0 Å². The summed E-state index contributed by atoms with van der Waals surface area (Å²) in [5.74, 6) is 1.24. The SMILES string of the molecule is Cc1cc(C)c(OCCC2CCCC2(N)C#N)c(C)c1. The highest BCUT2D eigenvalue weighted by Crippen LogP contribution is 2.35. The van der Waals surface area contributed by atoms with Crippen LogP contribution in [0.4, 0.5) is 0 Å². The molecule has 20 heavy (non-hydrogen) atoms. The predicted octanol–water partition coefficient (Wildman–Crippen LogP) is 3.40. The van der Waals surface area contributed by atoms with Crippen LogP contribution in [0.25, 0.3) is 0 Å². The van der Waals surface area contributed by atoms with Gasteiger partial charge in [-0.25, -0.2) is 0 Å². The second-order valence-corrected chi connectivity index (χ2v) is 6.11. The number of rotatable bonds is 4. The van der Waals surface area contributed by atoms with Crippen LogP contribution in [0, 0.1) is 38.0 Å². The van der Waals surface area contributed by atoms with E-state index in [4.69, 9.17) is 10.5 Å². The van der Waals surface area contributed by atoms with E-state index in [-0.39, 0.29) is 5.92 Å². The molecule has 1 aliphatic rings. The van der Waals surface area contributed by atoms with Gasteiger partial charge in [0.05, 0.1) is 12.7 Å². The van der Waals surface area contributed by atoms with Crippen molar-refractivity contribution in [2.45, 2.75) is 52.0 Å². The Morgan fingerprint density at radius 2 is 2.00 bits per heavy atom. The van der Waals surface area contributed by atoms with Crippen molar-refractivity contribution < 1.29 is 4.74 Å². The van der Waals surface area contributed by atoms with Crippen molar-refractivity contribution in [3.8, 4) is 11.8 Å². The molecular formula is C17H24N2O. The second kappa shape index (κ2) is 5.85. The molecule has 3 heteroatoms. The van der Waals surface area contributed by atoms with Crippen molar-refractivity contribution in [3.05, 3.63) is 28.8 Å². The van der Waals surface area contributed by atoms with Gasteiger partial charge in [-0.2, -0.15) is 5.26 Å². The first-order valence-electron chi connectivity index (χ1n) is 7.37. The van der Waals surface area contributed by atoms with Gasteiger partial charge in [-0.3, -0.25) is 0 Å². The fourth-order valence-electron chi connectivity index (χ4n) is 3.35. The number of hydrogen-bond donors (Lipinski definition) is 1. The lowest BCUT2D eigenvalue weighted by Gasteiger charge is -2.24. The van der Waals surface area contributed by atoms with Gasteiger partial charge in [-0.1, -0.05) is 24.1 Å². The Morgan fingerprint density at radius 1 is 1.35 bits per heavy atom. The van der Waals surface area contributed by atoms with Gasteiger partial charge < -0.3 is 10.5 Å². The van der Waals surface area contributed by atoms with E-state index in [2.05, 4.69) is 39.0 Å². The monoisotopic (exact) mass is 272 g/mol. The van der Waals surface area contributed by atoms with Crippen LogP contribution < -0.4 is 10.5 Å². The summed E-state index contributed by atoms with van der Waals surface area (Å²) in [6.07, 6.45) is 3.77. The minimum atomic E-state index is -0.638. The van der Waals surface area contributed by atoms with Crippen LogP contribution in [0.15, 0.2) is 12.1 Å². The van der Waals surface area contributed by atoms with Crippen LogP contribution in [0.3, 0.4) is 0 Å². The maximum Gasteiger partial charge on any atom is 0.125 e. The Balaban J connectivity index is 1.96. The summed E-state index contributed by atoms with van der Waals surface area (Å²) in [6, 6.07) is 6.57. The molecule has 1 saturated carbocycles. The lowest BCUT2D eigenvalue weighted by Crippen LogP contribution is -2.42. The molecule has 0 bridgehead atoms. The Labute approximate surface area is 121 Å². The van der Waals surface area contributed by atoms with E-state index in [9.17, 15) is 5.26 Å². The molecule has 0 aliphatic heterocycles. The number of ether oxygens (including phenoxy) is 1. The average Bonchev–Trinajstić information content (AvgIpc) is 2.75. The number of nitrogens with zero attached hydrogens (tertiary/aromatic N) is 1. The fourth-order valence-corrected chi connectivity index (χ4v) is 3.35. The molecule has 0 saturated heterocycles. The zero-order chi connectivity index (χ0) is 14.8. The van der Waals surface area contributed by atoms with Gasteiger partial charge in [-0.15, -0.1) is 0 Å². The summed E-state index contributed by atoms with van der Waals surface area (Å²) >= 11 is 0. The van der Waals surface area contributed by atoms with Gasteiger partial charge in [-0.05, 0) is 57.1 Å². The Kier molecular flexibility index (Phi) is 4.35. The van der Waals surface area contributed by atoms with Crippen LogP contribution in [-0.4, -0.2) is 12.1 Å². The standard InChI is InChI=1S/C17H24N2O/c1-12-9-13(2)16(14(3)10-12)20-8-6-15-5-4-7-17(15,19)11-18/h9-10,15H,4-8,19H2,1-3H3. The zero-order valence-corrected chi connectivity index (χ0v) is 12.7. The van der Waals surface area contributed by atoms with Gasteiger partial charge in [0.1, 0.15) is 11.3 Å². The van der Waals surface area contributed by atoms with Gasteiger partial charge in [0.15, 0.2) is 0 Å². The van der Waals surface area contributed by atoms with Crippen LogP contribution in [0.2, 0.25) is 0 Å². The van der Waals surface area contributed by atoms with Gasteiger partial charge in [0.2, 0.25) is 0 Å². The molecule has 0 spiro atoms. The van der Waals surface area contributed by atoms with Crippen LogP contribution in [0.1, 0.15) is 42.4 Å². The van der Waals surface area contributed by atoms with Gasteiger partial charge in [0, 0.05) is 0 Å². The third-order valence-electron chi connectivity index (χ3n) is 4.40. The van der Waals surface area contributed by atoms with E-state index in [1.165, 1.54) is 16.7 Å². The summed E-state index contributed by atoms with van der Waals surface area (Å²) in [4.78, 5) is 0. The molecule has 0 heterocycles. The van der Waals surface area contributed by atoms with E-state index in [0.29, 0.717) is 6.61 Å². The minimum Gasteiger partial charge on any atom is -0.493 e. The quantitative estimate of drug-likeness (QED) is 0.913. The lowest BCUT2D eigenvalue weighted by atomic mass is 9.87. The van der Waals surface area contributed by atoms with E-state index >= 15 is 0 Å². The first kappa shape index (κ1) is 14.9. The predicted molar refractivity (Wildman–Crippen MR) is 80.6 cm³/mol.